The maximum Gasteiger partial charge on any atom is 0.226 e. The first-order valence-corrected chi connectivity index (χ1v) is 10.1. The van der Waals surface area contributed by atoms with E-state index in [9.17, 15) is 5.11 Å². The Bertz CT molecular complexity index is 643. The lowest BCUT2D eigenvalue weighted by molar-refractivity contribution is 0.102. The molecule has 3 aliphatic rings. The van der Waals surface area contributed by atoms with Crippen molar-refractivity contribution < 1.29 is 5.11 Å². The number of aromatic nitrogens is 2. The first-order chi connectivity index (χ1) is 12.5. The van der Waals surface area contributed by atoms with Crippen molar-refractivity contribution in [2.24, 2.45) is 11.3 Å². The summed E-state index contributed by atoms with van der Waals surface area (Å²) < 4.78 is 0. The molecule has 0 amide bonds. The zero-order chi connectivity index (χ0) is 18.3. The Morgan fingerprint density at radius 3 is 2.65 bits per heavy atom. The van der Waals surface area contributed by atoms with Gasteiger partial charge in [-0.3, -0.25) is 4.90 Å². The number of rotatable bonds is 4. The van der Waals surface area contributed by atoms with Crippen molar-refractivity contribution in [3.8, 4) is 0 Å². The highest BCUT2D eigenvalue weighted by Gasteiger charge is 2.50. The summed E-state index contributed by atoms with van der Waals surface area (Å²) in [4.78, 5) is 16.3. The SMILES string of the molecule is Cc1cc(N2CCC(N3C[C@H]4CCC[C@@]4(CO)C3)CC2)nc(N(C)C)n1. The van der Waals surface area contributed by atoms with Crippen molar-refractivity contribution in [3.05, 3.63) is 11.8 Å². The van der Waals surface area contributed by atoms with Crippen molar-refractivity contribution in [2.45, 2.75) is 45.1 Å². The summed E-state index contributed by atoms with van der Waals surface area (Å²) in [6.07, 6.45) is 6.21. The molecular weight excluding hydrogens is 326 g/mol. The fourth-order valence-corrected chi connectivity index (χ4v) is 5.35. The third kappa shape index (κ3) is 3.18. The molecule has 2 saturated heterocycles. The minimum atomic E-state index is 0.210. The normalized spacial score (nSPS) is 30.0. The molecule has 3 heterocycles. The van der Waals surface area contributed by atoms with E-state index in [1.807, 2.05) is 25.9 Å². The number of anilines is 2. The van der Waals surface area contributed by atoms with Crippen LogP contribution in [0.4, 0.5) is 11.8 Å². The maximum absolute atomic E-state index is 9.98. The molecule has 4 rings (SSSR count). The molecule has 1 aromatic rings. The van der Waals surface area contributed by atoms with Gasteiger partial charge in [0.15, 0.2) is 0 Å². The molecule has 2 atom stereocenters. The predicted octanol–water partition coefficient (Wildman–Crippen LogP) is 1.91. The number of aliphatic hydroxyl groups is 1. The zero-order valence-electron chi connectivity index (χ0n) is 16.5. The molecular formula is C20H33N5O. The van der Waals surface area contributed by atoms with E-state index in [0.29, 0.717) is 12.6 Å². The van der Waals surface area contributed by atoms with Gasteiger partial charge in [0.1, 0.15) is 5.82 Å². The molecule has 144 valence electrons. The van der Waals surface area contributed by atoms with Gasteiger partial charge in [0, 0.05) is 63.5 Å². The van der Waals surface area contributed by atoms with Crippen LogP contribution in [-0.2, 0) is 0 Å². The highest BCUT2D eigenvalue weighted by molar-refractivity contribution is 5.45. The fourth-order valence-electron chi connectivity index (χ4n) is 5.35. The second-order valence-electron chi connectivity index (χ2n) is 8.82. The van der Waals surface area contributed by atoms with Crippen LogP contribution >= 0.6 is 0 Å². The van der Waals surface area contributed by atoms with E-state index in [1.165, 1.54) is 38.6 Å². The molecule has 0 aromatic carbocycles. The highest BCUT2D eigenvalue weighted by Crippen LogP contribution is 2.49. The van der Waals surface area contributed by atoms with Crippen LogP contribution in [0.5, 0.6) is 0 Å². The van der Waals surface area contributed by atoms with Crippen molar-refractivity contribution in [3.63, 3.8) is 0 Å². The Kier molecular flexibility index (Phi) is 4.82. The molecule has 2 aliphatic heterocycles. The Morgan fingerprint density at radius 2 is 2.00 bits per heavy atom. The fraction of sp³-hybridized carbons (Fsp3) is 0.800. The van der Waals surface area contributed by atoms with Gasteiger partial charge in [-0.05, 0) is 38.5 Å². The Balaban J connectivity index is 1.39. The highest BCUT2D eigenvalue weighted by atomic mass is 16.3. The van der Waals surface area contributed by atoms with Crippen LogP contribution in [0, 0.1) is 18.3 Å². The van der Waals surface area contributed by atoms with Crippen LogP contribution < -0.4 is 9.80 Å². The quantitative estimate of drug-likeness (QED) is 0.886. The van der Waals surface area contributed by atoms with E-state index in [0.717, 1.165) is 43.0 Å². The topological polar surface area (TPSA) is 55.7 Å². The van der Waals surface area contributed by atoms with E-state index >= 15 is 0 Å². The van der Waals surface area contributed by atoms with Gasteiger partial charge < -0.3 is 14.9 Å². The number of aryl methyl sites for hydroxylation is 1. The summed E-state index contributed by atoms with van der Waals surface area (Å²) in [5, 5.41) is 9.98. The molecule has 26 heavy (non-hydrogen) atoms. The molecule has 0 radical (unpaired) electrons. The Hall–Kier alpha value is -1.40. The van der Waals surface area contributed by atoms with Gasteiger partial charge in [0.2, 0.25) is 5.95 Å². The molecule has 0 spiro atoms. The molecule has 6 heteroatoms. The van der Waals surface area contributed by atoms with E-state index in [-0.39, 0.29) is 5.41 Å². The number of aliphatic hydroxyl groups excluding tert-OH is 1. The molecule has 1 saturated carbocycles. The smallest absolute Gasteiger partial charge is 0.226 e. The number of hydrogen-bond donors (Lipinski definition) is 1. The summed E-state index contributed by atoms with van der Waals surface area (Å²) >= 11 is 0. The third-order valence-electron chi connectivity index (χ3n) is 6.91. The number of nitrogens with zero attached hydrogens (tertiary/aromatic N) is 5. The number of likely N-dealkylation sites (tertiary alicyclic amines) is 1. The number of piperidine rings is 1. The lowest BCUT2D eigenvalue weighted by Gasteiger charge is -2.38. The lowest BCUT2D eigenvalue weighted by atomic mass is 9.82. The summed E-state index contributed by atoms with van der Waals surface area (Å²) in [6, 6.07) is 2.77. The van der Waals surface area contributed by atoms with E-state index < -0.39 is 0 Å². The summed E-state index contributed by atoms with van der Waals surface area (Å²) in [7, 11) is 3.98. The first kappa shape index (κ1) is 18.0. The maximum atomic E-state index is 9.98. The van der Waals surface area contributed by atoms with Crippen LogP contribution in [0.25, 0.3) is 0 Å². The molecule has 0 bridgehead atoms. The second kappa shape index (κ2) is 6.97. The van der Waals surface area contributed by atoms with Crippen LogP contribution in [0.1, 0.15) is 37.8 Å². The van der Waals surface area contributed by atoms with Crippen molar-refractivity contribution in [1.29, 1.82) is 0 Å². The molecule has 1 N–H and O–H groups in total. The van der Waals surface area contributed by atoms with Crippen molar-refractivity contribution >= 4 is 11.8 Å². The molecule has 6 nitrogen and oxygen atoms in total. The van der Waals surface area contributed by atoms with Gasteiger partial charge in [-0.15, -0.1) is 0 Å². The van der Waals surface area contributed by atoms with E-state index in [1.54, 1.807) is 0 Å². The monoisotopic (exact) mass is 359 g/mol. The van der Waals surface area contributed by atoms with E-state index in [2.05, 4.69) is 20.9 Å². The largest absolute Gasteiger partial charge is 0.396 e. The average Bonchev–Trinajstić information content (AvgIpc) is 3.19. The minimum Gasteiger partial charge on any atom is -0.396 e. The Morgan fingerprint density at radius 1 is 1.23 bits per heavy atom. The molecule has 3 fully saturated rings. The van der Waals surface area contributed by atoms with Crippen molar-refractivity contribution in [1.82, 2.24) is 14.9 Å². The van der Waals surface area contributed by atoms with Crippen LogP contribution in [0.3, 0.4) is 0 Å². The standard InChI is InChI=1S/C20H33N5O/c1-15-11-18(22-19(21-15)23(2)3)24-9-6-17(7-10-24)25-12-16-5-4-8-20(16,13-25)14-26/h11,16-17,26H,4-10,12-14H2,1-3H3/t16-,20+/m1/s1. The summed E-state index contributed by atoms with van der Waals surface area (Å²) in [5.74, 6) is 2.57. The van der Waals surface area contributed by atoms with Crippen LogP contribution in [-0.4, -0.2) is 72.9 Å². The summed E-state index contributed by atoms with van der Waals surface area (Å²) in [6.45, 7) is 6.84. The van der Waals surface area contributed by atoms with Gasteiger partial charge in [-0.2, -0.15) is 4.98 Å². The predicted molar refractivity (Wildman–Crippen MR) is 105 cm³/mol. The van der Waals surface area contributed by atoms with E-state index in [4.69, 9.17) is 4.98 Å². The molecule has 0 unspecified atom stereocenters. The van der Waals surface area contributed by atoms with Gasteiger partial charge in [-0.25, -0.2) is 4.98 Å². The van der Waals surface area contributed by atoms with Gasteiger partial charge in [0.05, 0.1) is 6.61 Å². The average molecular weight is 360 g/mol. The Labute approximate surface area is 157 Å². The van der Waals surface area contributed by atoms with Gasteiger partial charge >= 0.3 is 0 Å². The van der Waals surface area contributed by atoms with Crippen LogP contribution in [0.15, 0.2) is 6.07 Å². The third-order valence-corrected chi connectivity index (χ3v) is 6.91. The summed E-state index contributed by atoms with van der Waals surface area (Å²) in [5.41, 5.74) is 1.24. The lowest BCUT2D eigenvalue weighted by Crippen LogP contribution is -2.45. The zero-order valence-corrected chi connectivity index (χ0v) is 16.5. The van der Waals surface area contributed by atoms with Crippen LogP contribution in [0.2, 0.25) is 0 Å². The first-order valence-electron chi connectivity index (χ1n) is 10.1. The minimum absolute atomic E-state index is 0.210. The molecule has 1 aliphatic carbocycles. The van der Waals surface area contributed by atoms with Gasteiger partial charge in [-0.1, -0.05) is 6.42 Å². The number of hydrogen-bond acceptors (Lipinski definition) is 6. The number of fused-ring (bicyclic) bond motifs is 1. The molecule has 1 aromatic heterocycles. The van der Waals surface area contributed by atoms with Crippen molar-refractivity contribution in [2.75, 3.05) is 56.7 Å². The second-order valence-corrected chi connectivity index (χ2v) is 8.82. The van der Waals surface area contributed by atoms with Gasteiger partial charge in [0.25, 0.3) is 0 Å².